The molecule has 19 heavy (non-hydrogen) atoms. The van der Waals surface area contributed by atoms with Gasteiger partial charge < -0.3 is 9.88 Å². The number of amides is 1. The third-order valence-corrected chi connectivity index (χ3v) is 3.16. The van der Waals surface area contributed by atoms with Crippen LogP contribution in [0.5, 0.6) is 0 Å². The van der Waals surface area contributed by atoms with E-state index in [0.29, 0.717) is 13.0 Å². The molecule has 0 saturated heterocycles. The van der Waals surface area contributed by atoms with Crippen molar-refractivity contribution in [2.24, 2.45) is 7.05 Å². The van der Waals surface area contributed by atoms with Crippen molar-refractivity contribution in [2.45, 2.75) is 12.8 Å². The van der Waals surface area contributed by atoms with E-state index in [2.05, 4.69) is 5.32 Å². The number of carbonyl (C=O) groups is 1. The second-order valence-corrected chi connectivity index (χ2v) is 5.02. The minimum absolute atomic E-state index is 0.0557. The summed E-state index contributed by atoms with van der Waals surface area (Å²) >= 11 is 5.82. The molecule has 0 saturated carbocycles. The molecule has 0 atom stereocenters. The van der Waals surface area contributed by atoms with Crippen molar-refractivity contribution in [2.75, 3.05) is 6.54 Å². The number of aryl methyl sites for hydroxylation is 1. The number of hydrogen-bond donors (Lipinski definition) is 1. The smallest absolute Gasteiger partial charge is 0.224 e. The minimum atomic E-state index is 0.0557. The van der Waals surface area contributed by atoms with Crippen molar-refractivity contribution in [1.29, 1.82) is 0 Å². The molecule has 0 aliphatic heterocycles. The maximum atomic E-state index is 11.7. The predicted octanol–water partition coefficient (Wildman–Crippen LogP) is 2.58. The van der Waals surface area contributed by atoms with Crippen LogP contribution in [0.1, 0.15) is 11.1 Å². The summed E-state index contributed by atoms with van der Waals surface area (Å²) in [4.78, 5) is 11.7. The molecular formula is C15H17ClN2O. The Morgan fingerprint density at radius 1 is 1.21 bits per heavy atom. The SMILES string of the molecule is Cn1ccc(CC(=O)NCCc2ccc(Cl)cc2)c1. The summed E-state index contributed by atoms with van der Waals surface area (Å²) in [5.41, 5.74) is 2.20. The molecule has 0 fully saturated rings. The van der Waals surface area contributed by atoms with Crippen molar-refractivity contribution < 1.29 is 4.79 Å². The molecule has 1 N–H and O–H groups in total. The maximum absolute atomic E-state index is 11.7. The molecule has 0 spiro atoms. The van der Waals surface area contributed by atoms with Gasteiger partial charge in [-0.2, -0.15) is 0 Å². The molecule has 0 aliphatic rings. The maximum Gasteiger partial charge on any atom is 0.224 e. The third kappa shape index (κ3) is 4.45. The molecule has 0 unspecified atom stereocenters. The van der Waals surface area contributed by atoms with E-state index in [1.807, 2.05) is 54.3 Å². The van der Waals surface area contributed by atoms with Gasteiger partial charge in [-0.25, -0.2) is 0 Å². The van der Waals surface area contributed by atoms with Crippen LogP contribution >= 0.6 is 11.6 Å². The number of nitrogens with zero attached hydrogens (tertiary/aromatic N) is 1. The van der Waals surface area contributed by atoms with Crippen LogP contribution in [0.2, 0.25) is 5.02 Å². The molecule has 0 bridgehead atoms. The van der Waals surface area contributed by atoms with E-state index in [4.69, 9.17) is 11.6 Å². The molecule has 0 aliphatic carbocycles. The lowest BCUT2D eigenvalue weighted by Gasteiger charge is -2.05. The fourth-order valence-corrected chi connectivity index (χ4v) is 2.04. The van der Waals surface area contributed by atoms with Gasteiger partial charge in [0.15, 0.2) is 0 Å². The number of carbonyl (C=O) groups excluding carboxylic acids is 1. The normalized spacial score (nSPS) is 10.4. The Labute approximate surface area is 118 Å². The summed E-state index contributed by atoms with van der Waals surface area (Å²) in [6.07, 6.45) is 5.15. The molecular weight excluding hydrogens is 260 g/mol. The van der Waals surface area contributed by atoms with Crippen molar-refractivity contribution in [1.82, 2.24) is 9.88 Å². The van der Waals surface area contributed by atoms with E-state index in [-0.39, 0.29) is 5.91 Å². The molecule has 2 rings (SSSR count). The number of nitrogens with one attached hydrogen (secondary N) is 1. The number of halogens is 1. The average Bonchev–Trinajstić information content (AvgIpc) is 2.77. The van der Waals surface area contributed by atoms with Crippen molar-refractivity contribution in [3.05, 3.63) is 58.9 Å². The number of rotatable bonds is 5. The fraction of sp³-hybridized carbons (Fsp3) is 0.267. The van der Waals surface area contributed by atoms with Gasteiger partial charge >= 0.3 is 0 Å². The second-order valence-electron chi connectivity index (χ2n) is 4.59. The van der Waals surface area contributed by atoms with Gasteiger partial charge in [-0.05, 0) is 35.7 Å². The first-order valence-electron chi connectivity index (χ1n) is 6.25. The Balaban J connectivity index is 1.73. The molecule has 0 radical (unpaired) electrons. The van der Waals surface area contributed by atoms with Crippen LogP contribution in [-0.4, -0.2) is 17.0 Å². The molecule has 100 valence electrons. The topological polar surface area (TPSA) is 34.0 Å². The first kappa shape index (κ1) is 13.7. The molecule has 1 amide bonds. The van der Waals surface area contributed by atoms with Gasteiger partial charge in [-0.1, -0.05) is 23.7 Å². The summed E-state index contributed by atoms with van der Waals surface area (Å²) in [7, 11) is 1.95. The Morgan fingerprint density at radius 3 is 2.58 bits per heavy atom. The Hall–Kier alpha value is -1.74. The van der Waals surface area contributed by atoms with Gasteiger partial charge in [0.05, 0.1) is 6.42 Å². The van der Waals surface area contributed by atoms with E-state index in [0.717, 1.165) is 17.0 Å². The quantitative estimate of drug-likeness (QED) is 0.895. The summed E-state index contributed by atoms with van der Waals surface area (Å²) in [6.45, 7) is 0.646. The first-order valence-corrected chi connectivity index (χ1v) is 6.63. The van der Waals surface area contributed by atoms with Crippen LogP contribution in [0.25, 0.3) is 0 Å². The third-order valence-electron chi connectivity index (χ3n) is 2.91. The molecule has 1 aromatic heterocycles. The number of benzene rings is 1. The van der Waals surface area contributed by atoms with Crippen LogP contribution in [-0.2, 0) is 24.7 Å². The number of aromatic nitrogens is 1. The molecule has 1 heterocycles. The lowest BCUT2D eigenvalue weighted by Crippen LogP contribution is -2.27. The van der Waals surface area contributed by atoms with Gasteiger partial charge in [-0.3, -0.25) is 4.79 Å². The van der Waals surface area contributed by atoms with Crippen LogP contribution in [0.3, 0.4) is 0 Å². The lowest BCUT2D eigenvalue weighted by atomic mass is 10.1. The highest BCUT2D eigenvalue weighted by molar-refractivity contribution is 6.30. The van der Waals surface area contributed by atoms with E-state index in [9.17, 15) is 4.79 Å². The second kappa shape index (κ2) is 6.43. The van der Waals surface area contributed by atoms with Gasteiger partial charge in [0, 0.05) is 31.0 Å². The highest BCUT2D eigenvalue weighted by Crippen LogP contribution is 2.09. The van der Waals surface area contributed by atoms with Crippen molar-refractivity contribution in [3.8, 4) is 0 Å². The van der Waals surface area contributed by atoms with Crippen LogP contribution in [0.4, 0.5) is 0 Å². The summed E-state index contributed by atoms with van der Waals surface area (Å²) < 4.78 is 1.94. The molecule has 2 aromatic rings. The van der Waals surface area contributed by atoms with Crippen molar-refractivity contribution >= 4 is 17.5 Å². The largest absolute Gasteiger partial charge is 0.357 e. The highest BCUT2D eigenvalue weighted by Gasteiger charge is 2.03. The Kier molecular flexibility index (Phi) is 4.63. The van der Waals surface area contributed by atoms with Gasteiger partial charge in [-0.15, -0.1) is 0 Å². The van der Waals surface area contributed by atoms with Crippen LogP contribution in [0, 0.1) is 0 Å². The Bertz CT molecular complexity index is 546. The zero-order chi connectivity index (χ0) is 13.7. The van der Waals surface area contributed by atoms with Gasteiger partial charge in [0.2, 0.25) is 5.91 Å². The average molecular weight is 277 g/mol. The summed E-state index contributed by atoms with van der Waals surface area (Å²) in [6, 6.07) is 9.64. The Morgan fingerprint density at radius 2 is 1.95 bits per heavy atom. The minimum Gasteiger partial charge on any atom is -0.357 e. The van der Waals surface area contributed by atoms with E-state index in [1.54, 1.807) is 0 Å². The van der Waals surface area contributed by atoms with E-state index >= 15 is 0 Å². The lowest BCUT2D eigenvalue weighted by molar-refractivity contribution is -0.120. The monoisotopic (exact) mass is 276 g/mol. The van der Waals surface area contributed by atoms with Gasteiger partial charge in [0.25, 0.3) is 0 Å². The standard InChI is InChI=1S/C15H17ClN2O/c1-18-9-7-13(11-18)10-15(19)17-8-6-12-2-4-14(16)5-3-12/h2-5,7,9,11H,6,8,10H2,1H3,(H,17,19). The van der Waals surface area contributed by atoms with Gasteiger partial charge in [0.1, 0.15) is 0 Å². The predicted molar refractivity (Wildman–Crippen MR) is 77.3 cm³/mol. The molecule has 3 nitrogen and oxygen atoms in total. The zero-order valence-electron chi connectivity index (χ0n) is 10.9. The van der Waals surface area contributed by atoms with Crippen molar-refractivity contribution in [3.63, 3.8) is 0 Å². The molecule has 1 aromatic carbocycles. The van der Waals surface area contributed by atoms with Crippen LogP contribution in [0.15, 0.2) is 42.7 Å². The van der Waals surface area contributed by atoms with E-state index in [1.165, 1.54) is 5.56 Å². The fourth-order valence-electron chi connectivity index (χ4n) is 1.91. The van der Waals surface area contributed by atoms with Crippen LogP contribution < -0.4 is 5.32 Å². The van der Waals surface area contributed by atoms with E-state index < -0.39 is 0 Å². The highest BCUT2D eigenvalue weighted by atomic mass is 35.5. The summed E-state index contributed by atoms with van der Waals surface area (Å²) in [5, 5.41) is 3.66. The zero-order valence-corrected chi connectivity index (χ0v) is 11.7. The summed E-state index contributed by atoms with van der Waals surface area (Å²) in [5.74, 6) is 0.0557. The number of hydrogen-bond acceptors (Lipinski definition) is 1. The molecule has 4 heteroatoms. The first-order chi connectivity index (χ1) is 9.13.